The van der Waals surface area contributed by atoms with E-state index >= 15 is 0 Å². The maximum Gasteiger partial charge on any atom is 0.320 e. The van der Waals surface area contributed by atoms with E-state index in [4.69, 9.17) is 15.6 Å². The maximum absolute atomic E-state index is 10.6. The molecule has 110 valence electrons. The third kappa shape index (κ3) is 4.93. The third-order valence-electron chi connectivity index (χ3n) is 3.23. The Labute approximate surface area is 124 Å². The molecule has 0 aliphatic rings. The second-order valence-corrected chi connectivity index (χ2v) is 4.90. The number of rotatable bonds is 7. The number of carboxylic acid groups (broad SMARTS) is 1. The fraction of sp³-hybridized carbons (Fsp3) is 0.235. The second-order valence-electron chi connectivity index (χ2n) is 4.90. The number of aryl methyl sites for hydroxylation is 1. The van der Waals surface area contributed by atoms with E-state index in [0.29, 0.717) is 19.4 Å². The molecule has 0 bridgehead atoms. The van der Waals surface area contributed by atoms with Gasteiger partial charge in [-0.2, -0.15) is 0 Å². The summed E-state index contributed by atoms with van der Waals surface area (Å²) in [4.78, 5) is 10.6. The van der Waals surface area contributed by atoms with Gasteiger partial charge in [0.05, 0.1) is 0 Å². The molecule has 0 aliphatic heterocycles. The van der Waals surface area contributed by atoms with Crippen LogP contribution >= 0.6 is 0 Å². The van der Waals surface area contributed by atoms with Gasteiger partial charge < -0.3 is 15.6 Å². The Hall–Kier alpha value is -2.33. The first-order valence-corrected chi connectivity index (χ1v) is 6.89. The van der Waals surface area contributed by atoms with Crippen LogP contribution in [0.3, 0.4) is 0 Å². The van der Waals surface area contributed by atoms with Crippen molar-refractivity contribution in [2.45, 2.75) is 25.5 Å². The standard InChI is InChI=1S/C17H19NO3/c18-16(17(19)20)11-8-13-6-9-15(10-7-13)21-12-14-4-2-1-3-5-14/h1-7,9-10,16H,8,11-12,18H2,(H,19,20)/t16-/m1/s1. The quantitative estimate of drug-likeness (QED) is 0.820. The van der Waals surface area contributed by atoms with Crippen LogP contribution < -0.4 is 10.5 Å². The van der Waals surface area contributed by atoms with Crippen LogP contribution in [0.15, 0.2) is 54.6 Å². The average molecular weight is 285 g/mol. The second kappa shape index (κ2) is 7.45. The highest BCUT2D eigenvalue weighted by Crippen LogP contribution is 2.15. The van der Waals surface area contributed by atoms with Crippen molar-refractivity contribution in [3.63, 3.8) is 0 Å². The zero-order valence-electron chi connectivity index (χ0n) is 11.7. The minimum absolute atomic E-state index is 0.430. The molecule has 0 saturated heterocycles. The van der Waals surface area contributed by atoms with Gasteiger partial charge in [-0.15, -0.1) is 0 Å². The molecule has 0 fully saturated rings. The average Bonchev–Trinajstić information content (AvgIpc) is 2.52. The highest BCUT2D eigenvalue weighted by atomic mass is 16.5. The van der Waals surface area contributed by atoms with Crippen molar-refractivity contribution in [1.29, 1.82) is 0 Å². The van der Waals surface area contributed by atoms with Crippen molar-refractivity contribution < 1.29 is 14.6 Å². The van der Waals surface area contributed by atoms with E-state index in [1.54, 1.807) is 0 Å². The molecule has 2 rings (SSSR count). The van der Waals surface area contributed by atoms with E-state index in [1.165, 1.54) is 0 Å². The normalized spacial score (nSPS) is 11.9. The monoisotopic (exact) mass is 285 g/mol. The number of aliphatic carboxylic acids is 1. The Morgan fingerprint density at radius 3 is 2.33 bits per heavy atom. The van der Waals surface area contributed by atoms with Crippen molar-refractivity contribution in [2.24, 2.45) is 5.73 Å². The lowest BCUT2D eigenvalue weighted by atomic mass is 10.1. The molecule has 0 radical (unpaired) electrons. The Balaban J connectivity index is 1.83. The van der Waals surface area contributed by atoms with Crippen molar-refractivity contribution in [2.75, 3.05) is 0 Å². The van der Waals surface area contributed by atoms with Crippen LogP contribution in [-0.4, -0.2) is 17.1 Å². The fourth-order valence-corrected chi connectivity index (χ4v) is 1.94. The molecule has 0 saturated carbocycles. The number of nitrogens with two attached hydrogens (primary N) is 1. The minimum atomic E-state index is -0.960. The SMILES string of the molecule is N[C@H](CCc1ccc(OCc2ccccc2)cc1)C(=O)O. The minimum Gasteiger partial charge on any atom is -0.489 e. The summed E-state index contributed by atoms with van der Waals surface area (Å²) in [7, 11) is 0. The van der Waals surface area contributed by atoms with E-state index in [9.17, 15) is 4.79 Å². The van der Waals surface area contributed by atoms with Gasteiger partial charge >= 0.3 is 5.97 Å². The number of carboxylic acids is 1. The summed E-state index contributed by atoms with van der Waals surface area (Å²) in [6, 6.07) is 16.8. The van der Waals surface area contributed by atoms with Gasteiger partial charge in [0.15, 0.2) is 0 Å². The number of carbonyl (C=O) groups is 1. The van der Waals surface area contributed by atoms with Gasteiger partial charge in [-0.05, 0) is 36.1 Å². The molecule has 1 atom stereocenters. The molecule has 2 aromatic rings. The molecule has 3 N–H and O–H groups in total. The van der Waals surface area contributed by atoms with E-state index in [2.05, 4.69) is 0 Å². The van der Waals surface area contributed by atoms with Gasteiger partial charge in [0.1, 0.15) is 18.4 Å². The Morgan fingerprint density at radius 2 is 1.71 bits per heavy atom. The molecule has 21 heavy (non-hydrogen) atoms. The highest BCUT2D eigenvalue weighted by Gasteiger charge is 2.10. The van der Waals surface area contributed by atoms with Crippen LogP contribution in [-0.2, 0) is 17.8 Å². The van der Waals surface area contributed by atoms with Crippen molar-refractivity contribution in [1.82, 2.24) is 0 Å². The molecule has 2 aromatic carbocycles. The van der Waals surface area contributed by atoms with Gasteiger partial charge in [0, 0.05) is 0 Å². The molecule has 0 spiro atoms. The fourth-order valence-electron chi connectivity index (χ4n) is 1.94. The number of hydrogen-bond acceptors (Lipinski definition) is 3. The first kappa shape index (κ1) is 15.1. The van der Waals surface area contributed by atoms with E-state index in [-0.39, 0.29) is 0 Å². The lowest BCUT2D eigenvalue weighted by molar-refractivity contribution is -0.138. The Kier molecular flexibility index (Phi) is 5.35. The van der Waals surface area contributed by atoms with Gasteiger partial charge in [0.25, 0.3) is 0 Å². The van der Waals surface area contributed by atoms with Crippen molar-refractivity contribution >= 4 is 5.97 Å². The first-order chi connectivity index (χ1) is 10.1. The van der Waals surface area contributed by atoms with Gasteiger partial charge in [-0.25, -0.2) is 0 Å². The molecular formula is C17H19NO3. The first-order valence-electron chi connectivity index (χ1n) is 6.89. The summed E-state index contributed by atoms with van der Waals surface area (Å²) >= 11 is 0. The molecule has 4 nitrogen and oxygen atoms in total. The topological polar surface area (TPSA) is 72.5 Å². The van der Waals surface area contributed by atoms with Crippen LogP contribution in [0.5, 0.6) is 5.75 Å². The lowest BCUT2D eigenvalue weighted by Gasteiger charge is -2.08. The number of benzene rings is 2. The maximum atomic E-state index is 10.6. The van der Waals surface area contributed by atoms with Crippen molar-refractivity contribution in [3.05, 3.63) is 65.7 Å². The van der Waals surface area contributed by atoms with E-state index < -0.39 is 12.0 Å². The number of ether oxygens (including phenoxy) is 1. The molecule has 0 aliphatic carbocycles. The van der Waals surface area contributed by atoms with Gasteiger partial charge in [0.2, 0.25) is 0 Å². The smallest absolute Gasteiger partial charge is 0.320 e. The van der Waals surface area contributed by atoms with Crippen LogP contribution in [0.25, 0.3) is 0 Å². The summed E-state index contributed by atoms with van der Waals surface area (Å²) in [6.07, 6.45) is 1.08. The summed E-state index contributed by atoms with van der Waals surface area (Å²) in [5.74, 6) is -0.164. The molecule has 0 heterocycles. The zero-order valence-corrected chi connectivity index (χ0v) is 11.7. The largest absolute Gasteiger partial charge is 0.489 e. The van der Waals surface area contributed by atoms with Crippen LogP contribution in [0.4, 0.5) is 0 Å². The summed E-state index contributed by atoms with van der Waals surface area (Å²) in [5, 5.41) is 8.74. The predicted molar refractivity (Wildman–Crippen MR) is 81.1 cm³/mol. The lowest BCUT2D eigenvalue weighted by Crippen LogP contribution is -2.30. The third-order valence-corrected chi connectivity index (χ3v) is 3.23. The molecule has 0 unspecified atom stereocenters. The Morgan fingerprint density at radius 1 is 1.05 bits per heavy atom. The van der Waals surface area contributed by atoms with Gasteiger partial charge in [-0.3, -0.25) is 4.79 Å². The van der Waals surface area contributed by atoms with E-state index in [1.807, 2.05) is 54.6 Å². The van der Waals surface area contributed by atoms with Crippen LogP contribution in [0, 0.1) is 0 Å². The highest BCUT2D eigenvalue weighted by molar-refractivity contribution is 5.73. The van der Waals surface area contributed by atoms with Crippen LogP contribution in [0.1, 0.15) is 17.5 Å². The molecule has 0 aromatic heterocycles. The Bertz CT molecular complexity index is 566. The molecule has 4 heteroatoms. The summed E-state index contributed by atoms with van der Waals surface area (Å²) < 4.78 is 5.69. The van der Waals surface area contributed by atoms with E-state index in [0.717, 1.165) is 16.9 Å². The van der Waals surface area contributed by atoms with Crippen molar-refractivity contribution in [3.8, 4) is 5.75 Å². The number of hydrogen-bond donors (Lipinski definition) is 2. The summed E-state index contributed by atoms with van der Waals surface area (Å²) in [6.45, 7) is 0.532. The predicted octanol–water partition coefficient (Wildman–Crippen LogP) is 2.61. The molecular weight excluding hydrogens is 266 g/mol. The molecule has 0 amide bonds. The van der Waals surface area contributed by atoms with Crippen LogP contribution in [0.2, 0.25) is 0 Å². The zero-order chi connectivity index (χ0) is 15.1. The van der Waals surface area contributed by atoms with Gasteiger partial charge in [-0.1, -0.05) is 42.5 Å². The summed E-state index contributed by atoms with van der Waals surface area (Å²) in [5.41, 5.74) is 7.66.